The van der Waals surface area contributed by atoms with Gasteiger partial charge in [0.15, 0.2) is 0 Å². The second-order valence-electron chi connectivity index (χ2n) is 5.68. The highest BCUT2D eigenvalue weighted by molar-refractivity contribution is 9.10. The summed E-state index contributed by atoms with van der Waals surface area (Å²) in [5, 5.41) is 2.89. The lowest BCUT2D eigenvalue weighted by Crippen LogP contribution is -2.37. The summed E-state index contributed by atoms with van der Waals surface area (Å²) in [7, 11) is 1.98. The Balaban J connectivity index is 2.55. The lowest BCUT2D eigenvalue weighted by atomic mass is 10.0. The zero-order chi connectivity index (χ0) is 15.3. The van der Waals surface area contributed by atoms with E-state index in [1.807, 2.05) is 7.05 Å². The first kappa shape index (κ1) is 17.0. The summed E-state index contributed by atoms with van der Waals surface area (Å²) in [5.41, 5.74) is 7.08. The van der Waals surface area contributed by atoms with Gasteiger partial charge >= 0.3 is 0 Å². The summed E-state index contributed by atoms with van der Waals surface area (Å²) in [6.45, 7) is 6.91. The monoisotopic (exact) mass is 341 g/mol. The van der Waals surface area contributed by atoms with E-state index in [-0.39, 0.29) is 5.91 Å². The first-order valence-corrected chi connectivity index (χ1v) is 7.64. The lowest BCUT2D eigenvalue weighted by molar-refractivity contribution is -0.117. The van der Waals surface area contributed by atoms with E-state index < -0.39 is 0 Å². The average Bonchev–Trinajstić information content (AvgIpc) is 2.31. The fourth-order valence-electron chi connectivity index (χ4n) is 2.07. The number of benzene rings is 1. The molecule has 1 amide bonds. The van der Waals surface area contributed by atoms with Crippen LogP contribution >= 0.6 is 15.9 Å². The minimum Gasteiger partial charge on any atom is -0.399 e. The highest BCUT2D eigenvalue weighted by Gasteiger charge is 2.15. The second kappa shape index (κ2) is 7.64. The van der Waals surface area contributed by atoms with Crippen LogP contribution in [0, 0.1) is 5.92 Å². The van der Waals surface area contributed by atoms with E-state index in [0.717, 1.165) is 16.6 Å². The fourth-order valence-corrected chi connectivity index (χ4v) is 2.56. The molecule has 0 aromatic heterocycles. The second-order valence-corrected chi connectivity index (χ2v) is 6.54. The molecule has 0 fully saturated rings. The maximum absolute atomic E-state index is 12.0. The van der Waals surface area contributed by atoms with E-state index >= 15 is 0 Å². The van der Waals surface area contributed by atoms with Gasteiger partial charge in [-0.2, -0.15) is 0 Å². The summed E-state index contributed by atoms with van der Waals surface area (Å²) in [6, 6.07) is 5.73. The van der Waals surface area contributed by atoms with Crippen LogP contribution in [0.2, 0.25) is 0 Å². The summed E-state index contributed by atoms with van der Waals surface area (Å²) < 4.78 is 0.795. The normalized spacial score (nSPS) is 12.8. The standard InChI is InChI=1S/C15H24BrN3O/c1-10(2)7-11(3)19(4)9-15(20)18-14-6-5-12(17)8-13(14)16/h5-6,8,10-11H,7,9,17H2,1-4H3,(H,18,20). The molecule has 0 radical (unpaired) electrons. The minimum atomic E-state index is -0.0198. The molecule has 112 valence electrons. The van der Waals surface area contributed by atoms with Gasteiger partial charge in [0.05, 0.1) is 12.2 Å². The Morgan fingerprint density at radius 1 is 1.40 bits per heavy atom. The Hall–Kier alpha value is -1.07. The molecule has 0 spiro atoms. The molecule has 1 unspecified atom stereocenters. The van der Waals surface area contributed by atoms with E-state index in [4.69, 9.17) is 5.73 Å². The van der Waals surface area contributed by atoms with Gasteiger partial charge in [-0.25, -0.2) is 0 Å². The van der Waals surface area contributed by atoms with E-state index in [9.17, 15) is 4.79 Å². The Kier molecular flexibility index (Phi) is 6.49. The van der Waals surface area contributed by atoms with E-state index in [2.05, 4.69) is 46.9 Å². The van der Waals surface area contributed by atoms with Crippen molar-refractivity contribution in [1.29, 1.82) is 0 Å². The van der Waals surface area contributed by atoms with Crippen molar-refractivity contribution in [2.45, 2.75) is 33.2 Å². The van der Waals surface area contributed by atoms with Gasteiger partial charge in [0, 0.05) is 16.2 Å². The third-order valence-electron chi connectivity index (χ3n) is 3.23. The number of amides is 1. The van der Waals surface area contributed by atoms with Crippen molar-refractivity contribution in [3.05, 3.63) is 22.7 Å². The van der Waals surface area contributed by atoms with Crippen molar-refractivity contribution >= 4 is 33.2 Å². The van der Waals surface area contributed by atoms with Crippen LogP contribution in [-0.2, 0) is 4.79 Å². The molecule has 0 aliphatic heterocycles. The largest absolute Gasteiger partial charge is 0.399 e. The summed E-state index contributed by atoms with van der Waals surface area (Å²) >= 11 is 3.40. The molecule has 4 nitrogen and oxygen atoms in total. The number of rotatable bonds is 6. The van der Waals surface area contributed by atoms with Gasteiger partial charge in [-0.15, -0.1) is 0 Å². The van der Waals surface area contributed by atoms with Crippen molar-refractivity contribution < 1.29 is 4.79 Å². The van der Waals surface area contributed by atoms with Crippen LogP contribution in [0.15, 0.2) is 22.7 Å². The molecule has 1 aromatic rings. The highest BCUT2D eigenvalue weighted by Crippen LogP contribution is 2.24. The predicted octanol–water partition coefficient (Wildman–Crippen LogP) is 3.34. The molecule has 3 N–H and O–H groups in total. The van der Waals surface area contributed by atoms with E-state index in [1.165, 1.54) is 0 Å². The Morgan fingerprint density at radius 2 is 2.05 bits per heavy atom. The van der Waals surface area contributed by atoms with Gasteiger partial charge in [-0.05, 0) is 60.4 Å². The molecule has 1 aromatic carbocycles. The van der Waals surface area contributed by atoms with Crippen molar-refractivity contribution in [3.63, 3.8) is 0 Å². The number of anilines is 2. The van der Waals surface area contributed by atoms with Crippen LogP contribution in [0.25, 0.3) is 0 Å². The van der Waals surface area contributed by atoms with Gasteiger partial charge in [0.2, 0.25) is 5.91 Å². The van der Waals surface area contributed by atoms with Crippen molar-refractivity contribution in [2.24, 2.45) is 5.92 Å². The Bertz CT molecular complexity index is 462. The van der Waals surface area contributed by atoms with E-state index in [1.54, 1.807) is 18.2 Å². The van der Waals surface area contributed by atoms with Crippen LogP contribution in [-0.4, -0.2) is 30.4 Å². The highest BCUT2D eigenvalue weighted by atomic mass is 79.9. The van der Waals surface area contributed by atoms with Crippen molar-refractivity contribution in [1.82, 2.24) is 4.90 Å². The van der Waals surface area contributed by atoms with Crippen LogP contribution in [0.1, 0.15) is 27.2 Å². The average molecular weight is 342 g/mol. The molecule has 0 heterocycles. The van der Waals surface area contributed by atoms with Crippen molar-refractivity contribution in [2.75, 3.05) is 24.6 Å². The van der Waals surface area contributed by atoms with Gasteiger partial charge in [0.25, 0.3) is 0 Å². The number of halogens is 1. The molecule has 20 heavy (non-hydrogen) atoms. The van der Waals surface area contributed by atoms with E-state index in [0.29, 0.717) is 24.2 Å². The summed E-state index contributed by atoms with van der Waals surface area (Å²) in [6.07, 6.45) is 1.08. The lowest BCUT2D eigenvalue weighted by Gasteiger charge is -2.25. The number of hydrogen-bond acceptors (Lipinski definition) is 3. The van der Waals surface area contributed by atoms with Crippen LogP contribution in [0.4, 0.5) is 11.4 Å². The molecular weight excluding hydrogens is 318 g/mol. The molecule has 0 saturated carbocycles. The zero-order valence-electron chi connectivity index (χ0n) is 12.6. The smallest absolute Gasteiger partial charge is 0.238 e. The van der Waals surface area contributed by atoms with Gasteiger partial charge in [0.1, 0.15) is 0 Å². The zero-order valence-corrected chi connectivity index (χ0v) is 14.2. The number of carbonyl (C=O) groups excluding carboxylic acids is 1. The maximum atomic E-state index is 12.0. The molecule has 0 saturated heterocycles. The third kappa shape index (κ3) is 5.51. The first-order chi connectivity index (χ1) is 9.29. The predicted molar refractivity (Wildman–Crippen MR) is 88.7 cm³/mol. The summed E-state index contributed by atoms with van der Waals surface area (Å²) in [4.78, 5) is 14.1. The van der Waals surface area contributed by atoms with Gasteiger partial charge < -0.3 is 11.1 Å². The molecule has 0 aliphatic carbocycles. The fraction of sp³-hybridized carbons (Fsp3) is 0.533. The Labute approximate surface area is 129 Å². The molecular formula is C15H24BrN3O. The van der Waals surface area contributed by atoms with Crippen LogP contribution < -0.4 is 11.1 Å². The summed E-state index contributed by atoms with van der Waals surface area (Å²) in [5.74, 6) is 0.607. The molecule has 0 aliphatic rings. The number of nitrogen functional groups attached to an aromatic ring is 1. The number of nitrogens with one attached hydrogen (secondary N) is 1. The number of nitrogens with two attached hydrogens (primary N) is 1. The molecule has 1 rings (SSSR count). The quantitative estimate of drug-likeness (QED) is 0.780. The third-order valence-corrected chi connectivity index (χ3v) is 3.88. The molecule has 1 atom stereocenters. The Morgan fingerprint density at radius 3 is 2.60 bits per heavy atom. The van der Waals surface area contributed by atoms with Crippen LogP contribution in [0.5, 0.6) is 0 Å². The minimum absolute atomic E-state index is 0.0198. The number of carbonyl (C=O) groups is 1. The molecule has 0 bridgehead atoms. The van der Waals surface area contributed by atoms with Gasteiger partial charge in [-0.3, -0.25) is 9.69 Å². The maximum Gasteiger partial charge on any atom is 0.238 e. The number of likely N-dealkylation sites (N-methyl/N-ethyl adjacent to an activating group) is 1. The SMILES string of the molecule is CC(C)CC(C)N(C)CC(=O)Nc1ccc(N)cc1Br. The number of nitrogens with zero attached hydrogens (tertiary/aromatic N) is 1. The molecule has 5 heteroatoms. The number of hydrogen-bond donors (Lipinski definition) is 2. The van der Waals surface area contributed by atoms with Crippen molar-refractivity contribution in [3.8, 4) is 0 Å². The topological polar surface area (TPSA) is 58.4 Å². The van der Waals surface area contributed by atoms with Crippen LogP contribution in [0.3, 0.4) is 0 Å². The van der Waals surface area contributed by atoms with Gasteiger partial charge in [-0.1, -0.05) is 13.8 Å². The first-order valence-electron chi connectivity index (χ1n) is 6.84.